The fourth-order valence-electron chi connectivity index (χ4n) is 8.95. The molecule has 0 bridgehead atoms. The highest BCUT2D eigenvalue weighted by atomic mass is 32.2. The van der Waals surface area contributed by atoms with E-state index in [1.165, 1.54) is 29.2 Å². The van der Waals surface area contributed by atoms with E-state index in [1.807, 2.05) is 74.5 Å². The van der Waals surface area contributed by atoms with Gasteiger partial charge in [-0.15, -0.1) is 0 Å². The summed E-state index contributed by atoms with van der Waals surface area (Å²) in [5.41, 5.74) is 3.04. The summed E-state index contributed by atoms with van der Waals surface area (Å²) in [7, 11) is -2.70. The summed E-state index contributed by atoms with van der Waals surface area (Å²) in [5, 5.41) is 17.5. The standard InChI is InChI=1S/C48H52N6O9S/c1-5-14-37(44(56)52-64(60,61)34-18-10-7-11-19-34)50-45(57)40-25-33(63-41-26-38(30-15-8-6-9-16-30)49-39-24-32(62-4)21-22-35(39)41)27-53(40)47(59)51-43(29(2)3)46(58)54-28-48(54)36-20-13-12-17-31(36)23-42(48)55/h6-13,15-22,24,26,29,33,37,40,42-43,55H,5,14,23,25,27-28H2,1-4H3,(H,50,57)(H,51,59)(H,52,56)/t33-,37+,40?,42?,43+,48?,54?/m1/s1. The SMILES string of the molecule is CCC[C@H](NC(=O)C1C[C@@H](Oc2cc(-c3ccccc3)nc3cc(OC)ccc23)CN1C(=O)N[C@H](C(=O)N1CC12c1ccccc1CC2O)C(C)C)C(=O)NS(=O)(=O)c1ccccc1. The maximum Gasteiger partial charge on any atom is 0.318 e. The number of fused-ring (bicyclic) bond motifs is 3. The number of amides is 5. The number of nitrogens with one attached hydrogen (secondary N) is 3. The molecule has 0 radical (unpaired) electrons. The van der Waals surface area contributed by atoms with Crippen LogP contribution in [-0.2, 0) is 36.4 Å². The second-order valence-electron chi connectivity index (χ2n) is 16.9. The van der Waals surface area contributed by atoms with Gasteiger partial charge in [0.25, 0.3) is 15.9 Å². The van der Waals surface area contributed by atoms with E-state index in [-0.39, 0.29) is 36.1 Å². The van der Waals surface area contributed by atoms with E-state index in [1.54, 1.807) is 43.2 Å². The zero-order chi connectivity index (χ0) is 45.3. The van der Waals surface area contributed by atoms with Gasteiger partial charge in [0.2, 0.25) is 11.8 Å². The van der Waals surface area contributed by atoms with Gasteiger partial charge in [0.1, 0.15) is 41.3 Å². The highest BCUT2D eigenvalue weighted by Gasteiger charge is 2.65. The third kappa shape index (κ3) is 8.59. The van der Waals surface area contributed by atoms with Crippen LogP contribution in [0.15, 0.2) is 114 Å². The lowest BCUT2D eigenvalue weighted by molar-refractivity contribution is -0.131. The normalized spacial score (nSPS) is 21.0. The number of nitrogens with zero attached hydrogens (tertiary/aromatic N) is 3. The number of ether oxygens (including phenoxy) is 2. The molecule has 0 saturated carbocycles. The Bertz CT molecular complexity index is 2680. The van der Waals surface area contributed by atoms with Crippen LogP contribution in [0.5, 0.6) is 11.5 Å². The number of aliphatic hydroxyl groups is 1. The lowest BCUT2D eigenvalue weighted by Gasteiger charge is -2.30. The second kappa shape index (κ2) is 17.9. The van der Waals surface area contributed by atoms with Crippen LogP contribution in [0.25, 0.3) is 22.2 Å². The molecule has 3 aliphatic rings. The molecule has 5 aromatic rings. The molecule has 8 rings (SSSR count). The molecule has 1 aromatic heterocycles. The average molecular weight is 889 g/mol. The molecule has 334 valence electrons. The smallest absolute Gasteiger partial charge is 0.318 e. The van der Waals surface area contributed by atoms with Crippen LogP contribution in [0.1, 0.15) is 51.2 Å². The van der Waals surface area contributed by atoms with Crippen molar-refractivity contribution in [2.45, 2.75) is 87.2 Å². The molecule has 3 heterocycles. The Balaban J connectivity index is 1.08. The number of hydrogen-bond acceptors (Lipinski definition) is 10. The maximum atomic E-state index is 14.6. The zero-order valence-corrected chi connectivity index (χ0v) is 36.9. The minimum absolute atomic E-state index is 0.0127. The van der Waals surface area contributed by atoms with E-state index >= 15 is 0 Å². The minimum atomic E-state index is -4.26. The van der Waals surface area contributed by atoms with E-state index in [9.17, 15) is 32.7 Å². The van der Waals surface area contributed by atoms with Gasteiger partial charge in [0, 0.05) is 35.9 Å². The van der Waals surface area contributed by atoms with Crippen molar-refractivity contribution in [1.29, 1.82) is 0 Å². The molecule has 2 fully saturated rings. The monoisotopic (exact) mass is 888 g/mol. The number of aromatic nitrogens is 1. The first-order valence-electron chi connectivity index (χ1n) is 21.5. The molecule has 64 heavy (non-hydrogen) atoms. The number of pyridine rings is 1. The predicted octanol–water partition coefficient (Wildman–Crippen LogP) is 4.91. The Morgan fingerprint density at radius 3 is 2.33 bits per heavy atom. The van der Waals surface area contributed by atoms with Crippen molar-refractivity contribution in [1.82, 2.24) is 30.1 Å². The van der Waals surface area contributed by atoms with Crippen molar-refractivity contribution in [2.75, 3.05) is 20.2 Å². The quantitative estimate of drug-likeness (QED) is 0.111. The van der Waals surface area contributed by atoms with Gasteiger partial charge in [-0.3, -0.25) is 14.4 Å². The Morgan fingerprint density at radius 2 is 1.62 bits per heavy atom. The first-order chi connectivity index (χ1) is 30.7. The molecular formula is C48H52N6O9S. The number of sulfonamides is 1. The van der Waals surface area contributed by atoms with Crippen LogP contribution >= 0.6 is 0 Å². The minimum Gasteiger partial charge on any atom is -0.497 e. The number of aliphatic hydroxyl groups excluding tert-OH is 1. The van der Waals surface area contributed by atoms with E-state index in [2.05, 4.69) is 15.4 Å². The zero-order valence-electron chi connectivity index (χ0n) is 36.1. The van der Waals surface area contributed by atoms with Gasteiger partial charge >= 0.3 is 6.03 Å². The van der Waals surface area contributed by atoms with E-state index in [4.69, 9.17) is 14.5 Å². The molecule has 4 N–H and O–H groups in total. The summed E-state index contributed by atoms with van der Waals surface area (Å²) in [6.45, 7) is 5.62. The Morgan fingerprint density at radius 1 is 0.922 bits per heavy atom. The Kier molecular flexibility index (Phi) is 12.4. The third-order valence-electron chi connectivity index (χ3n) is 12.4. The van der Waals surface area contributed by atoms with Crippen molar-refractivity contribution in [3.63, 3.8) is 0 Å². The summed E-state index contributed by atoms with van der Waals surface area (Å²) >= 11 is 0. The van der Waals surface area contributed by atoms with Crippen LogP contribution in [0.4, 0.5) is 4.79 Å². The van der Waals surface area contributed by atoms with Crippen molar-refractivity contribution >= 4 is 44.7 Å². The van der Waals surface area contributed by atoms with Crippen LogP contribution in [0.3, 0.4) is 0 Å². The molecule has 1 spiro atoms. The van der Waals surface area contributed by atoms with Crippen molar-refractivity contribution in [3.8, 4) is 22.8 Å². The third-order valence-corrected chi connectivity index (χ3v) is 13.7. The molecule has 1 aliphatic carbocycles. The summed E-state index contributed by atoms with van der Waals surface area (Å²) in [6.07, 6.45) is -0.641. The van der Waals surface area contributed by atoms with Gasteiger partial charge in [0.05, 0.1) is 42.4 Å². The molecule has 6 atom stereocenters. The molecule has 2 aliphatic heterocycles. The molecule has 15 nitrogen and oxygen atoms in total. The number of benzene rings is 4. The fourth-order valence-corrected chi connectivity index (χ4v) is 9.99. The van der Waals surface area contributed by atoms with Gasteiger partial charge in [-0.2, -0.15) is 0 Å². The molecule has 3 unspecified atom stereocenters. The summed E-state index contributed by atoms with van der Waals surface area (Å²) in [4.78, 5) is 64.6. The van der Waals surface area contributed by atoms with E-state index < -0.39 is 63.7 Å². The fraction of sp³-hybridized carbons (Fsp3) is 0.354. The van der Waals surface area contributed by atoms with Crippen LogP contribution in [0, 0.1) is 5.92 Å². The number of urea groups is 1. The van der Waals surface area contributed by atoms with Gasteiger partial charge in [-0.25, -0.2) is 22.9 Å². The molecule has 4 aromatic carbocycles. The summed E-state index contributed by atoms with van der Waals surface area (Å²) in [5.74, 6) is -1.34. The lowest BCUT2D eigenvalue weighted by atomic mass is 9.98. The average Bonchev–Trinajstić information content (AvgIpc) is 3.81. The highest BCUT2D eigenvalue weighted by Crippen LogP contribution is 2.52. The van der Waals surface area contributed by atoms with Gasteiger partial charge in [-0.05, 0) is 47.7 Å². The predicted molar refractivity (Wildman–Crippen MR) is 239 cm³/mol. The largest absolute Gasteiger partial charge is 0.497 e. The lowest BCUT2D eigenvalue weighted by Crippen LogP contribution is -2.57. The van der Waals surface area contributed by atoms with E-state index in [0.29, 0.717) is 47.5 Å². The molecular weight excluding hydrogens is 837 g/mol. The van der Waals surface area contributed by atoms with E-state index in [0.717, 1.165) is 16.7 Å². The number of hydrogen-bond donors (Lipinski definition) is 4. The van der Waals surface area contributed by atoms with Crippen molar-refractivity contribution < 1.29 is 42.2 Å². The molecule has 5 amide bonds. The molecule has 16 heteroatoms. The highest BCUT2D eigenvalue weighted by molar-refractivity contribution is 7.90. The number of carbonyl (C=O) groups is 4. The Labute approximate surface area is 372 Å². The van der Waals surface area contributed by atoms with Crippen LogP contribution < -0.4 is 24.8 Å². The van der Waals surface area contributed by atoms with Crippen molar-refractivity contribution in [3.05, 3.63) is 120 Å². The van der Waals surface area contributed by atoms with Crippen molar-refractivity contribution in [2.24, 2.45) is 5.92 Å². The van der Waals surface area contributed by atoms with Gasteiger partial charge < -0.3 is 35.0 Å². The first kappa shape index (κ1) is 44.1. The summed E-state index contributed by atoms with van der Waals surface area (Å²) in [6, 6.07) is 27.6. The first-order valence-corrected chi connectivity index (χ1v) is 23.0. The van der Waals surface area contributed by atoms with Gasteiger partial charge in [-0.1, -0.05) is 100.0 Å². The number of carbonyl (C=O) groups excluding carboxylic acids is 4. The number of likely N-dealkylation sites (tertiary alicyclic amines) is 1. The topological polar surface area (TPSA) is 196 Å². The number of rotatable bonds is 14. The maximum absolute atomic E-state index is 14.6. The van der Waals surface area contributed by atoms with Gasteiger partial charge in [0.15, 0.2) is 0 Å². The molecule has 2 saturated heterocycles. The van der Waals surface area contributed by atoms with Crippen LogP contribution in [0.2, 0.25) is 0 Å². The second-order valence-corrected chi connectivity index (χ2v) is 18.6. The van der Waals surface area contributed by atoms with Crippen LogP contribution in [-0.4, -0.2) is 103 Å². The Hall–Kier alpha value is -6.52. The summed E-state index contributed by atoms with van der Waals surface area (Å²) < 4.78 is 40.6. The number of methoxy groups -OCH3 is 1.